The van der Waals surface area contributed by atoms with Crippen LogP contribution in [0.15, 0.2) is 46.0 Å². The molecule has 0 fully saturated rings. The number of halogens is 5. The van der Waals surface area contributed by atoms with Gasteiger partial charge in [-0.1, -0.05) is 35.3 Å². The van der Waals surface area contributed by atoms with Gasteiger partial charge in [0.2, 0.25) is 5.69 Å². The lowest BCUT2D eigenvalue weighted by molar-refractivity contribution is -0.137. The van der Waals surface area contributed by atoms with E-state index in [0.717, 1.165) is 18.2 Å². The average Bonchev–Trinajstić information content (AvgIpc) is 2.72. The van der Waals surface area contributed by atoms with Crippen LogP contribution in [0.4, 0.5) is 13.2 Å². The molecule has 1 unspecified atom stereocenters. The molecule has 1 atom stereocenters. The topological polar surface area (TPSA) is 129 Å². The van der Waals surface area contributed by atoms with Gasteiger partial charge in [-0.05, 0) is 42.3 Å². The van der Waals surface area contributed by atoms with Crippen LogP contribution < -0.4 is 11.2 Å². The number of hydrogen-bond acceptors (Lipinski definition) is 5. The third-order valence-electron chi connectivity index (χ3n) is 4.84. The summed E-state index contributed by atoms with van der Waals surface area (Å²) in [6.07, 6.45) is -4.75. The maximum absolute atomic E-state index is 13.3. The first-order chi connectivity index (χ1) is 15.3. The average molecular weight is 499 g/mol. The largest absolute Gasteiger partial charge is 0.476 e. The van der Waals surface area contributed by atoms with Crippen molar-refractivity contribution in [3.63, 3.8) is 0 Å². The first kappa shape index (κ1) is 24.0. The van der Waals surface area contributed by atoms with Crippen LogP contribution in [0, 0.1) is 11.3 Å². The predicted molar refractivity (Wildman–Crippen MR) is 111 cm³/mol. The number of rotatable bonds is 4. The van der Waals surface area contributed by atoms with Crippen molar-refractivity contribution < 1.29 is 23.1 Å². The van der Waals surface area contributed by atoms with Gasteiger partial charge in [-0.2, -0.15) is 28.2 Å². The van der Waals surface area contributed by atoms with Crippen molar-refractivity contribution in [3.05, 3.63) is 89.7 Å². The minimum atomic E-state index is -4.75. The molecule has 3 aromatic rings. The van der Waals surface area contributed by atoms with Gasteiger partial charge in [0.15, 0.2) is 0 Å². The summed E-state index contributed by atoms with van der Waals surface area (Å²) in [5, 5.41) is 21.7. The minimum absolute atomic E-state index is 0.0381. The molecule has 8 nitrogen and oxygen atoms in total. The van der Waals surface area contributed by atoms with E-state index < -0.39 is 45.1 Å². The highest BCUT2D eigenvalue weighted by Gasteiger charge is 2.37. The van der Waals surface area contributed by atoms with Gasteiger partial charge in [-0.25, -0.2) is 9.59 Å². The standard InChI is InChI=1S/C20H11Cl2F3N4O4/c1-19(8-26,9-2-5-13(21)12(6-9)20(23,24)25)11-4-3-10(7-14(11)22)29-18(33)27-16(30)15(28-29)17(31)32/h2-7H,1H3,(H,31,32)(H,27,30,33). The van der Waals surface area contributed by atoms with Gasteiger partial charge in [0, 0.05) is 5.02 Å². The molecule has 0 aliphatic rings. The molecule has 0 radical (unpaired) electrons. The Morgan fingerprint density at radius 1 is 1.12 bits per heavy atom. The maximum atomic E-state index is 13.3. The first-order valence-corrected chi connectivity index (χ1v) is 9.61. The molecule has 0 spiro atoms. The van der Waals surface area contributed by atoms with Gasteiger partial charge >= 0.3 is 17.8 Å². The second-order valence-corrected chi connectivity index (χ2v) is 7.73. The molecule has 0 saturated carbocycles. The number of carboxylic acid groups (broad SMARTS) is 1. The van der Waals surface area contributed by atoms with Crippen molar-refractivity contribution in [3.8, 4) is 11.8 Å². The Kier molecular flexibility index (Phi) is 6.10. The summed E-state index contributed by atoms with van der Waals surface area (Å²) < 4.78 is 40.5. The van der Waals surface area contributed by atoms with Crippen LogP contribution in [0.3, 0.4) is 0 Å². The Labute approximate surface area is 192 Å². The maximum Gasteiger partial charge on any atom is 0.417 e. The zero-order valence-corrected chi connectivity index (χ0v) is 17.9. The highest BCUT2D eigenvalue weighted by Crippen LogP contribution is 2.41. The molecule has 2 aromatic carbocycles. The number of benzene rings is 2. The van der Waals surface area contributed by atoms with E-state index in [9.17, 15) is 32.8 Å². The van der Waals surface area contributed by atoms with Gasteiger partial charge in [-0.3, -0.25) is 9.78 Å². The monoisotopic (exact) mass is 498 g/mol. The Balaban J connectivity index is 2.17. The van der Waals surface area contributed by atoms with Crippen LogP contribution >= 0.6 is 23.2 Å². The fraction of sp³-hybridized carbons (Fsp3) is 0.150. The van der Waals surface area contributed by atoms with E-state index in [0.29, 0.717) is 4.68 Å². The SMILES string of the molecule is CC(C#N)(c1ccc(Cl)c(C(F)(F)F)c1)c1ccc(-n2nc(C(=O)O)c(=O)[nH]c2=O)cc1Cl. The van der Waals surface area contributed by atoms with E-state index in [1.165, 1.54) is 25.1 Å². The molecule has 1 aromatic heterocycles. The lowest BCUT2D eigenvalue weighted by Crippen LogP contribution is -2.35. The van der Waals surface area contributed by atoms with Crippen molar-refractivity contribution in [2.45, 2.75) is 18.5 Å². The minimum Gasteiger partial charge on any atom is -0.476 e. The summed E-state index contributed by atoms with van der Waals surface area (Å²) >= 11 is 12.0. The molecule has 3 rings (SSSR count). The second-order valence-electron chi connectivity index (χ2n) is 6.92. The number of aromatic amines is 1. The molecule has 170 valence electrons. The van der Waals surface area contributed by atoms with Crippen molar-refractivity contribution in [2.75, 3.05) is 0 Å². The van der Waals surface area contributed by atoms with Crippen molar-refractivity contribution in [2.24, 2.45) is 0 Å². The Hall–Kier alpha value is -3.62. The lowest BCUT2D eigenvalue weighted by atomic mass is 9.77. The summed E-state index contributed by atoms with van der Waals surface area (Å²) in [6.45, 7) is 1.35. The first-order valence-electron chi connectivity index (χ1n) is 8.85. The van der Waals surface area contributed by atoms with Gasteiger partial charge < -0.3 is 5.11 Å². The Bertz CT molecular complexity index is 1440. The van der Waals surface area contributed by atoms with Gasteiger partial charge in [-0.15, -0.1) is 0 Å². The summed E-state index contributed by atoms with van der Waals surface area (Å²) in [5.41, 5.74) is -5.98. The van der Waals surface area contributed by atoms with E-state index >= 15 is 0 Å². The van der Waals surface area contributed by atoms with E-state index in [4.69, 9.17) is 28.3 Å². The summed E-state index contributed by atoms with van der Waals surface area (Å²) in [7, 11) is 0. The van der Waals surface area contributed by atoms with Crippen LogP contribution in [-0.2, 0) is 11.6 Å². The number of nitrogens with one attached hydrogen (secondary N) is 1. The normalized spacial score (nSPS) is 13.2. The number of H-pyrrole nitrogens is 1. The molecule has 33 heavy (non-hydrogen) atoms. The van der Waals surface area contributed by atoms with E-state index in [-0.39, 0.29) is 21.8 Å². The number of hydrogen-bond donors (Lipinski definition) is 2. The molecule has 0 amide bonds. The second kappa shape index (κ2) is 8.38. The van der Waals surface area contributed by atoms with Crippen LogP contribution in [0.2, 0.25) is 10.0 Å². The highest BCUT2D eigenvalue weighted by atomic mass is 35.5. The number of carbonyl (C=O) groups is 1. The van der Waals surface area contributed by atoms with Crippen molar-refractivity contribution in [1.82, 2.24) is 14.8 Å². The summed E-state index contributed by atoms with van der Waals surface area (Å²) in [5.74, 6) is -1.67. The fourth-order valence-electron chi connectivity index (χ4n) is 3.09. The zero-order chi connectivity index (χ0) is 24.7. The lowest BCUT2D eigenvalue weighted by Gasteiger charge is -2.25. The van der Waals surface area contributed by atoms with Crippen LogP contribution in [-0.4, -0.2) is 25.8 Å². The van der Waals surface area contributed by atoms with Crippen molar-refractivity contribution in [1.29, 1.82) is 5.26 Å². The number of nitrogens with zero attached hydrogens (tertiary/aromatic N) is 3. The van der Waals surface area contributed by atoms with Crippen LogP contribution in [0.25, 0.3) is 5.69 Å². The number of aromatic nitrogens is 3. The third-order valence-corrected chi connectivity index (χ3v) is 5.48. The van der Waals surface area contributed by atoms with Crippen LogP contribution in [0.1, 0.15) is 34.1 Å². The Morgan fingerprint density at radius 3 is 2.33 bits per heavy atom. The molecular weight excluding hydrogens is 488 g/mol. The van der Waals surface area contributed by atoms with E-state index in [2.05, 4.69) is 5.10 Å². The quantitative estimate of drug-likeness (QED) is 0.563. The number of alkyl halides is 3. The number of aromatic carboxylic acids is 1. The molecule has 0 saturated heterocycles. The van der Waals surface area contributed by atoms with Crippen molar-refractivity contribution >= 4 is 29.2 Å². The highest BCUT2D eigenvalue weighted by molar-refractivity contribution is 6.32. The van der Waals surface area contributed by atoms with Gasteiger partial charge in [0.1, 0.15) is 5.41 Å². The molecule has 0 bridgehead atoms. The number of carboxylic acids is 1. The number of nitriles is 1. The smallest absolute Gasteiger partial charge is 0.417 e. The molecule has 13 heteroatoms. The molecule has 2 N–H and O–H groups in total. The predicted octanol–water partition coefficient (Wildman–Crippen LogP) is 3.77. The molecule has 0 aliphatic carbocycles. The van der Waals surface area contributed by atoms with E-state index in [1.54, 1.807) is 0 Å². The van der Waals surface area contributed by atoms with Crippen LogP contribution in [0.5, 0.6) is 0 Å². The van der Waals surface area contributed by atoms with Gasteiger partial charge in [0.05, 0.1) is 22.3 Å². The summed E-state index contributed by atoms with van der Waals surface area (Å²) in [6, 6.07) is 8.67. The zero-order valence-electron chi connectivity index (χ0n) is 16.4. The molecular formula is C20H11Cl2F3N4O4. The van der Waals surface area contributed by atoms with E-state index in [1.807, 2.05) is 11.1 Å². The molecule has 0 aliphatic heterocycles. The molecule has 1 heterocycles. The summed E-state index contributed by atoms with van der Waals surface area (Å²) in [4.78, 5) is 36.6. The third kappa shape index (κ3) is 4.35. The fourth-order valence-corrected chi connectivity index (χ4v) is 3.68. The van der Waals surface area contributed by atoms with Gasteiger partial charge in [0.25, 0.3) is 5.56 Å². The Morgan fingerprint density at radius 2 is 1.79 bits per heavy atom.